The fraction of sp³-hybridized carbons (Fsp3) is 0.556. The molecule has 0 bridgehead atoms. The molecule has 0 spiro atoms. The molecule has 1 atom stereocenters. The zero-order valence-corrected chi connectivity index (χ0v) is 24.8. The highest BCUT2D eigenvalue weighted by Gasteiger charge is 2.46. The zero-order valence-electron chi connectivity index (χ0n) is 23.0. The zero-order chi connectivity index (χ0) is 28.2. The van der Waals surface area contributed by atoms with Crippen LogP contribution < -0.4 is 4.74 Å². The van der Waals surface area contributed by atoms with Gasteiger partial charge in [0, 0.05) is 0 Å². The van der Waals surface area contributed by atoms with Gasteiger partial charge in [-0.05, 0) is 53.0 Å². The van der Waals surface area contributed by atoms with E-state index in [9.17, 15) is 24.7 Å². The largest absolute Gasteiger partial charge is 0.485 e. The molecule has 0 aliphatic rings. The molecule has 2 aromatic rings. The van der Waals surface area contributed by atoms with E-state index in [2.05, 4.69) is 41.5 Å². The van der Waals surface area contributed by atoms with Crippen LogP contribution in [-0.4, -0.2) is 44.5 Å². The fourth-order valence-corrected chi connectivity index (χ4v) is 5.06. The van der Waals surface area contributed by atoms with Crippen molar-refractivity contribution < 1.29 is 38.5 Å². The molecule has 5 N–H and O–H groups in total. The van der Waals surface area contributed by atoms with E-state index >= 15 is 0 Å². The minimum absolute atomic E-state index is 0.267. The summed E-state index contributed by atoms with van der Waals surface area (Å²) < 4.78 is 17.3. The van der Waals surface area contributed by atoms with Crippen molar-refractivity contribution in [3.8, 4) is 5.75 Å². The summed E-state index contributed by atoms with van der Waals surface area (Å²) in [6, 6.07) is 11.9. The van der Waals surface area contributed by atoms with E-state index in [1.165, 1.54) is 0 Å². The van der Waals surface area contributed by atoms with Gasteiger partial charge in [-0.15, -0.1) is 0 Å². The molecule has 0 heterocycles. The molecule has 0 fully saturated rings. The molecule has 0 aliphatic carbocycles. The Balaban J connectivity index is 2.88. The maximum Gasteiger partial charge on any atom is 0.327 e. The van der Waals surface area contributed by atoms with Crippen molar-refractivity contribution in [3.05, 3.63) is 64.2 Å². The van der Waals surface area contributed by atoms with E-state index in [-0.39, 0.29) is 24.0 Å². The molecule has 8 nitrogen and oxygen atoms in total. The molecule has 0 saturated carbocycles. The standard InChI is InChI=1S/C27H42O8P2/c1-18-9-11-21(25(3,4)5)20(13-18)24(27(15-28,16-33-36(29)30)17-34-37(31)32)35-23-14-19(2)10-12-22(23)26(6,7)8/h9-14,24,28-32H,15-17H2,1-8H3. The Bertz CT molecular complexity index is 1020. The topological polar surface area (TPSA) is 129 Å². The van der Waals surface area contributed by atoms with Gasteiger partial charge in [-0.3, -0.25) is 0 Å². The van der Waals surface area contributed by atoms with Gasteiger partial charge in [-0.2, -0.15) is 0 Å². The van der Waals surface area contributed by atoms with Gasteiger partial charge in [0.25, 0.3) is 0 Å². The second-order valence-electron chi connectivity index (χ2n) is 11.7. The first-order valence-electron chi connectivity index (χ1n) is 12.1. The van der Waals surface area contributed by atoms with Gasteiger partial charge in [0.2, 0.25) is 0 Å². The van der Waals surface area contributed by atoms with E-state index in [0.29, 0.717) is 5.75 Å². The normalized spacial score (nSPS) is 13.9. The van der Waals surface area contributed by atoms with Crippen LogP contribution in [0.2, 0.25) is 0 Å². The van der Waals surface area contributed by atoms with Crippen LogP contribution in [0.1, 0.15) is 75.5 Å². The van der Waals surface area contributed by atoms with Crippen LogP contribution in [0.4, 0.5) is 0 Å². The van der Waals surface area contributed by atoms with Crippen LogP contribution >= 0.6 is 17.2 Å². The van der Waals surface area contributed by atoms with E-state index < -0.39 is 35.3 Å². The molecular weight excluding hydrogens is 514 g/mol. The molecule has 0 radical (unpaired) electrons. The predicted octanol–water partition coefficient (Wildman–Crippen LogP) is 5.45. The Labute approximate surface area is 223 Å². The lowest BCUT2D eigenvalue weighted by molar-refractivity contribution is -0.0664. The molecule has 0 saturated heterocycles. The van der Waals surface area contributed by atoms with Crippen molar-refractivity contribution in [2.24, 2.45) is 5.41 Å². The summed E-state index contributed by atoms with van der Waals surface area (Å²) in [7, 11) is -5.52. The first kappa shape index (κ1) is 32.0. The van der Waals surface area contributed by atoms with Crippen molar-refractivity contribution in [2.45, 2.75) is 72.3 Å². The molecule has 10 heteroatoms. The number of ether oxygens (including phenoxy) is 1. The van der Waals surface area contributed by atoms with Crippen LogP contribution in [0.5, 0.6) is 5.75 Å². The molecule has 2 aromatic carbocycles. The third kappa shape index (κ3) is 8.66. The van der Waals surface area contributed by atoms with Gasteiger partial charge in [0.1, 0.15) is 11.9 Å². The lowest BCUT2D eigenvalue weighted by Gasteiger charge is -2.41. The second-order valence-corrected chi connectivity index (χ2v) is 13.2. The predicted molar refractivity (Wildman–Crippen MR) is 147 cm³/mol. The highest BCUT2D eigenvalue weighted by Crippen LogP contribution is 2.47. The van der Waals surface area contributed by atoms with Gasteiger partial charge in [0.15, 0.2) is 0 Å². The Kier molecular flexibility index (Phi) is 11.1. The van der Waals surface area contributed by atoms with Gasteiger partial charge >= 0.3 is 17.2 Å². The summed E-state index contributed by atoms with van der Waals surface area (Å²) in [6.45, 7) is 15.1. The maximum absolute atomic E-state index is 10.8. The molecule has 1 unspecified atom stereocenters. The Hall–Kier alpha value is -1.18. The number of aliphatic hydroxyl groups excluding tert-OH is 1. The van der Waals surface area contributed by atoms with Crippen LogP contribution in [0.25, 0.3) is 0 Å². The van der Waals surface area contributed by atoms with Crippen molar-refractivity contribution in [2.75, 3.05) is 19.8 Å². The van der Waals surface area contributed by atoms with Crippen LogP contribution in [0, 0.1) is 19.3 Å². The van der Waals surface area contributed by atoms with E-state index in [0.717, 1.165) is 27.8 Å². The van der Waals surface area contributed by atoms with Gasteiger partial charge in [0.05, 0.1) is 25.2 Å². The lowest BCUT2D eigenvalue weighted by Crippen LogP contribution is -2.44. The highest BCUT2D eigenvalue weighted by atomic mass is 31.2. The van der Waals surface area contributed by atoms with Crippen molar-refractivity contribution in [1.82, 2.24) is 0 Å². The molecule has 0 aromatic heterocycles. The van der Waals surface area contributed by atoms with Crippen LogP contribution in [-0.2, 0) is 19.9 Å². The summed E-state index contributed by atoms with van der Waals surface area (Å²) in [5.41, 5.74) is 2.60. The Morgan fingerprint density at radius 1 is 0.730 bits per heavy atom. The highest BCUT2D eigenvalue weighted by molar-refractivity contribution is 7.39. The SMILES string of the molecule is Cc1ccc(C(C)(C)C)c(OC(c2cc(C)ccc2C(C)(C)C)C(CO)(COP(O)O)COP(O)O)c1. The summed E-state index contributed by atoms with van der Waals surface area (Å²) in [4.78, 5) is 38.3. The minimum Gasteiger partial charge on any atom is -0.485 e. The third-order valence-electron chi connectivity index (χ3n) is 6.29. The molecule has 37 heavy (non-hydrogen) atoms. The smallest absolute Gasteiger partial charge is 0.327 e. The maximum atomic E-state index is 10.8. The number of aryl methyl sites for hydroxylation is 2. The molecule has 0 aliphatic heterocycles. The summed E-state index contributed by atoms with van der Waals surface area (Å²) in [6.07, 6.45) is -0.917. The number of hydrogen-bond acceptors (Lipinski definition) is 8. The number of benzene rings is 2. The van der Waals surface area contributed by atoms with Gasteiger partial charge in [-0.25, -0.2) is 0 Å². The van der Waals surface area contributed by atoms with Crippen molar-refractivity contribution >= 4 is 17.2 Å². The lowest BCUT2D eigenvalue weighted by atomic mass is 9.74. The monoisotopic (exact) mass is 556 g/mol. The van der Waals surface area contributed by atoms with Crippen LogP contribution in [0.3, 0.4) is 0 Å². The summed E-state index contributed by atoms with van der Waals surface area (Å²) in [5.74, 6) is 0.599. The van der Waals surface area contributed by atoms with E-state index in [1.54, 1.807) is 0 Å². The van der Waals surface area contributed by atoms with E-state index in [1.807, 2.05) is 50.2 Å². The van der Waals surface area contributed by atoms with Gasteiger partial charge in [-0.1, -0.05) is 77.4 Å². The Morgan fingerprint density at radius 2 is 1.19 bits per heavy atom. The van der Waals surface area contributed by atoms with Crippen molar-refractivity contribution in [3.63, 3.8) is 0 Å². The second kappa shape index (κ2) is 12.8. The third-order valence-corrected chi connectivity index (χ3v) is 7.01. The summed E-state index contributed by atoms with van der Waals surface area (Å²) in [5, 5.41) is 10.8. The van der Waals surface area contributed by atoms with Gasteiger partial charge < -0.3 is 38.5 Å². The van der Waals surface area contributed by atoms with E-state index in [4.69, 9.17) is 13.8 Å². The molecular formula is C27H42O8P2. The Morgan fingerprint density at radius 3 is 1.62 bits per heavy atom. The minimum atomic E-state index is -2.76. The number of rotatable bonds is 11. The number of hydrogen-bond donors (Lipinski definition) is 5. The number of aliphatic hydroxyl groups is 1. The first-order chi connectivity index (χ1) is 17.0. The van der Waals surface area contributed by atoms with Crippen LogP contribution in [0.15, 0.2) is 36.4 Å². The average Bonchev–Trinajstić information content (AvgIpc) is 2.76. The molecule has 208 valence electrons. The summed E-state index contributed by atoms with van der Waals surface area (Å²) >= 11 is 0. The average molecular weight is 557 g/mol. The first-order valence-corrected chi connectivity index (χ1v) is 14.4. The molecule has 2 rings (SSSR count). The fourth-order valence-electron chi connectivity index (χ4n) is 4.31. The van der Waals surface area contributed by atoms with Crippen molar-refractivity contribution in [1.29, 1.82) is 0 Å². The molecule has 0 amide bonds. The quantitative estimate of drug-likeness (QED) is 0.231.